The number of thiophene rings is 1. The Balaban J connectivity index is 2.31. The van der Waals surface area contributed by atoms with Crippen LogP contribution in [0.2, 0.25) is 0 Å². The van der Waals surface area contributed by atoms with Gasteiger partial charge in [-0.1, -0.05) is 6.92 Å². The highest BCUT2D eigenvalue weighted by Crippen LogP contribution is 2.30. The van der Waals surface area contributed by atoms with Gasteiger partial charge in [-0.2, -0.15) is 0 Å². The van der Waals surface area contributed by atoms with Gasteiger partial charge in [-0.15, -0.1) is 11.3 Å². The van der Waals surface area contributed by atoms with Crippen LogP contribution in [-0.4, -0.2) is 39.6 Å². The van der Waals surface area contributed by atoms with Crippen LogP contribution in [0.5, 0.6) is 0 Å². The summed E-state index contributed by atoms with van der Waals surface area (Å²) in [5.41, 5.74) is 6.16. The zero-order valence-electron chi connectivity index (χ0n) is 12.1. The number of halogens is 1. The van der Waals surface area contributed by atoms with Gasteiger partial charge < -0.3 is 19.9 Å². The van der Waals surface area contributed by atoms with Crippen molar-refractivity contribution in [3.8, 4) is 0 Å². The van der Waals surface area contributed by atoms with E-state index >= 15 is 0 Å². The second kappa shape index (κ2) is 10.7. The molecular weight excluding hydrogens is 342 g/mol. The van der Waals surface area contributed by atoms with E-state index in [1.165, 1.54) is 4.88 Å². The van der Waals surface area contributed by atoms with Crippen LogP contribution in [0.4, 0.5) is 0 Å². The van der Waals surface area contributed by atoms with Gasteiger partial charge in [0.1, 0.15) is 6.10 Å². The zero-order chi connectivity index (χ0) is 14.8. The van der Waals surface area contributed by atoms with Crippen LogP contribution in [-0.2, 0) is 14.2 Å². The topological polar surface area (TPSA) is 53.7 Å². The molecule has 116 valence electrons. The molecule has 6 heteroatoms. The van der Waals surface area contributed by atoms with Crippen molar-refractivity contribution in [1.82, 2.24) is 0 Å². The molecule has 0 amide bonds. The Kier molecular flexibility index (Phi) is 9.67. The van der Waals surface area contributed by atoms with Crippen LogP contribution in [0.3, 0.4) is 0 Å². The molecule has 0 aliphatic carbocycles. The summed E-state index contributed by atoms with van der Waals surface area (Å²) in [4.78, 5) is 1.17. The van der Waals surface area contributed by atoms with E-state index in [2.05, 4.69) is 34.3 Å². The van der Waals surface area contributed by atoms with Crippen LogP contribution in [0.15, 0.2) is 15.9 Å². The van der Waals surface area contributed by atoms with E-state index in [1.54, 1.807) is 18.4 Å². The Hall–Kier alpha value is 0.0200. The van der Waals surface area contributed by atoms with E-state index < -0.39 is 0 Å². The Morgan fingerprint density at radius 2 is 2.10 bits per heavy atom. The summed E-state index contributed by atoms with van der Waals surface area (Å²) >= 11 is 5.15. The van der Waals surface area contributed by atoms with Gasteiger partial charge in [-0.3, -0.25) is 0 Å². The molecule has 0 bridgehead atoms. The molecule has 0 radical (unpaired) electrons. The number of hydrogen-bond donors (Lipinski definition) is 1. The molecular formula is C14H24BrNO3S. The molecule has 0 spiro atoms. The lowest BCUT2D eigenvalue weighted by Crippen LogP contribution is -2.29. The van der Waals surface area contributed by atoms with E-state index in [0.29, 0.717) is 26.4 Å². The average Bonchev–Trinajstić information content (AvgIpc) is 2.87. The van der Waals surface area contributed by atoms with Crippen LogP contribution < -0.4 is 5.73 Å². The summed E-state index contributed by atoms with van der Waals surface area (Å²) in [5.74, 6) is 0. The van der Waals surface area contributed by atoms with Gasteiger partial charge >= 0.3 is 0 Å². The number of methoxy groups -OCH3 is 1. The standard InChI is InChI=1S/C14H24BrNO3S/c1-3-12(16)14(13-9-11(15)10-20-13)19-6-4-5-18-8-7-17-2/h9-10,12,14H,3-8,16H2,1-2H3. The van der Waals surface area contributed by atoms with Crippen molar-refractivity contribution in [2.75, 3.05) is 33.5 Å². The number of ether oxygens (including phenoxy) is 3. The molecule has 2 unspecified atom stereocenters. The first-order valence-corrected chi connectivity index (χ1v) is 8.54. The van der Waals surface area contributed by atoms with Gasteiger partial charge in [0.25, 0.3) is 0 Å². The van der Waals surface area contributed by atoms with Crippen LogP contribution in [0.1, 0.15) is 30.7 Å². The van der Waals surface area contributed by atoms with E-state index in [-0.39, 0.29) is 12.1 Å². The molecule has 20 heavy (non-hydrogen) atoms. The monoisotopic (exact) mass is 365 g/mol. The highest BCUT2D eigenvalue weighted by atomic mass is 79.9. The van der Waals surface area contributed by atoms with Crippen molar-refractivity contribution >= 4 is 27.3 Å². The first-order valence-electron chi connectivity index (χ1n) is 6.86. The largest absolute Gasteiger partial charge is 0.382 e. The first kappa shape index (κ1) is 18.1. The second-order valence-corrected chi connectivity index (χ2v) is 6.35. The molecule has 0 aliphatic rings. The maximum Gasteiger partial charge on any atom is 0.107 e. The third-order valence-corrected chi connectivity index (χ3v) is 4.65. The van der Waals surface area contributed by atoms with E-state index in [4.69, 9.17) is 19.9 Å². The molecule has 0 saturated heterocycles. The van der Waals surface area contributed by atoms with Gasteiger partial charge in [0, 0.05) is 41.1 Å². The fraction of sp³-hybridized carbons (Fsp3) is 0.714. The molecule has 2 N–H and O–H groups in total. The molecule has 1 rings (SSSR count). The molecule has 4 nitrogen and oxygen atoms in total. The van der Waals surface area contributed by atoms with Gasteiger partial charge in [0.05, 0.1) is 13.2 Å². The highest BCUT2D eigenvalue weighted by molar-refractivity contribution is 9.10. The molecule has 1 aromatic heterocycles. The Morgan fingerprint density at radius 1 is 1.30 bits per heavy atom. The lowest BCUT2D eigenvalue weighted by Gasteiger charge is -2.22. The summed E-state index contributed by atoms with van der Waals surface area (Å²) in [6.45, 7) is 4.68. The van der Waals surface area contributed by atoms with Gasteiger partial charge in [0.2, 0.25) is 0 Å². The normalized spacial score (nSPS) is 14.4. The minimum absolute atomic E-state index is 0.0231. The summed E-state index contributed by atoms with van der Waals surface area (Å²) in [7, 11) is 1.67. The minimum atomic E-state index is -0.0322. The molecule has 1 aromatic rings. The Morgan fingerprint density at radius 3 is 2.70 bits per heavy atom. The average molecular weight is 366 g/mol. The maximum atomic E-state index is 6.16. The van der Waals surface area contributed by atoms with E-state index in [1.807, 2.05) is 0 Å². The number of nitrogens with two attached hydrogens (primary N) is 1. The maximum absolute atomic E-state index is 6.16. The second-order valence-electron chi connectivity index (χ2n) is 4.49. The molecule has 0 saturated carbocycles. The van der Waals surface area contributed by atoms with Crippen molar-refractivity contribution in [2.24, 2.45) is 5.73 Å². The lowest BCUT2D eigenvalue weighted by molar-refractivity contribution is 0.0129. The number of hydrogen-bond acceptors (Lipinski definition) is 5. The third-order valence-electron chi connectivity index (χ3n) is 2.89. The summed E-state index contributed by atoms with van der Waals surface area (Å²) in [5, 5.41) is 2.06. The van der Waals surface area contributed by atoms with Gasteiger partial charge in [0.15, 0.2) is 0 Å². The summed E-state index contributed by atoms with van der Waals surface area (Å²) in [6, 6.07) is 2.11. The zero-order valence-corrected chi connectivity index (χ0v) is 14.5. The first-order chi connectivity index (χ1) is 9.69. The van der Waals surface area contributed by atoms with Crippen LogP contribution in [0, 0.1) is 0 Å². The minimum Gasteiger partial charge on any atom is -0.382 e. The third kappa shape index (κ3) is 6.65. The molecule has 2 atom stereocenters. The van der Waals surface area contributed by atoms with Crippen LogP contribution in [0.25, 0.3) is 0 Å². The van der Waals surface area contributed by atoms with E-state index in [9.17, 15) is 0 Å². The molecule has 0 aliphatic heterocycles. The summed E-state index contributed by atoms with van der Waals surface area (Å²) < 4.78 is 17.4. The SMILES string of the molecule is CCC(N)C(OCCCOCCOC)c1cc(Br)cs1. The lowest BCUT2D eigenvalue weighted by atomic mass is 10.1. The van der Waals surface area contributed by atoms with E-state index in [0.717, 1.165) is 17.3 Å². The van der Waals surface area contributed by atoms with Gasteiger partial charge in [-0.05, 0) is 34.8 Å². The predicted molar refractivity (Wildman–Crippen MR) is 86.3 cm³/mol. The van der Waals surface area contributed by atoms with Crippen molar-refractivity contribution in [3.63, 3.8) is 0 Å². The smallest absolute Gasteiger partial charge is 0.107 e. The van der Waals surface area contributed by atoms with Gasteiger partial charge in [-0.25, -0.2) is 0 Å². The highest BCUT2D eigenvalue weighted by Gasteiger charge is 2.20. The van der Waals surface area contributed by atoms with Crippen molar-refractivity contribution in [2.45, 2.75) is 31.9 Å². The van der Waals surface area contributed by atoms with Crippen LogP contribution >= 0.6 is 27.3 Å². The van der Waals surface area contributed by atoms with Crippen molar-refractivity contribution in [3.05, 3.63) is 20.8 Å². The number of rotatable bonds is 11. The van der Waals surface area contributed by atoms with Crippen molar-refractivity contribution in [1.29, 1.82) is 0 Å². The Bertz CT molecular complexity index is 362. The Labute approximate surface area is 133 Å². The molecule has 1 heterocycles. The molecule has 0 fully saturated rings. The predicted octanol–water partition coefficient (Wildman–Crippen LogP) is 3.36. The quantitative estimate of drug-likeness (QED) is 0.610. The fourth-order valence-corrected chi connectivity index (χ4v) is 3.29. The fourth-order valence-electron chi connectivity index (χ4n) is 1.72. The molecule has 0 aromatic carbocycles. The summed E-state index contributed by atoms with van der Waals surface area (Å²) in [6.07, 6.45) is 1.73. The van der Waals surface area contributed by atoms with Crippen molar-refractivity contribution < 1.29 is 14.2 Å².